The predicted molar refractivity (Wildman–Crippen MR) is 89.4 cm³/mol. The highest BCUT2D eigenvalue weighted by molar-refractivity contribution is 5.01. The zero-order chi connectivity index (χ0) is 14.9. The molecule has 2 N–H and O–H groups in total. The molecule has 1 saturated carbocycles. The van der Waals surface area contributed by atoms with Crippen LogP contribution in [0.15, 0.2) is 0 Å². The molecular formula is C18H35N3. The molecule has 2 unspecified atom stereocenters. The third-order valence-electron chi connectivity index (χ3n) is 7.15. The lowest BCUT2D eigenvalue weighted by Gasteiger charge is -2.54. The fraction of sp³-hybridized carbons (Fsp3) is 1.00. The molecule has 0 aromatic carbocycles. The van der Waals surface area contributed by atoms with Gasteiger partial charge in [-0.1, -0.05) is 19.3 Å². The van der Waals surface area contributed by atoms with Crippen molar-refractivity contribution in [2.24, 2.45) is 11.1 Å². The molecule has 0 bridgehead atoms. The molecule has 0 radical (unpaired) electrons. The summed E-state index contributed by atoms with van der Waals surface area (Å²) in [6, 6.07) is 0.674. The molecule has 122 valence electrons. The first-order valence-electron chi connectivity index (χ1n) is 9.25. The molecule has 3 nitrogen and oxygen atoms in total. The fourth-order valence-corrected chi connectivity index (χ4v) is 5.27. The van der Waals surface area contributed by atoms with E-state index in [0.717, 1.165) is 6.54 Å². The van der Waals surface area contributed by atoms with Crippen molar-refractivity contribution in [3.05, 3.63) is 0 Å². The summed E-state index contributed by atoms with van der Waals surface area (Å²) >= 11 is 0. The summed E-state index contributed by atoms with van der Waals surface area (Å²) in [5, 5.41) is 0. The third-order valence-corrected chi connectivity index (χ3v) is 7.15. The minimum Gasteiger partial charge on any atom is -0.329 e. The lowest BCUT2D eigenvalue weighted by Crippen LogP contribution is -2.63. The summed E-state index contributed by atoms with van der Waals surface area (Å²) in [6.45, 7) is 7.02. The smallest absolute Gasteiger partial charge is 0.0358 e. The van der Waals surface area contributed by atoms with Gasteiger partial charge in [-0.15, -0.1) is 0 Å². The molecule has 2 atom stereocenters. The number of nitrogens with zero attached hydrogens (tertiary/aromatic N) is 2. The van der Waals surface area contributed by atoms with Gasteiger partial charge in [0.2, 0.25) is 0 Å². The zero-order valence-corrected chi connectivity index (χ0v) is 14.2. The van der Waals surface area contributed by atoms with Gasteiger partial charge in [0, 0.05) is 18.1 Å². The average Bonchev–Trinajstić information content (AvgIpc) is 2.52. The number of rotatable bonds is 2. The van der Waals surface area contributed by atoms with Gasteiger partial charge >= 0.3 is 0 Å². The molecule has 0 amide bonds. The van der Waals surface area contributed by atoms with E-state index in [9.17, 15) is 0 Å². The van der Waals surface area contributed by atoms with Crippen LogP contribution in [0.4, 0.5) is 0 Å². The zero-order valence-electron chi connectivity index (χ0n) is 14.2. The van der Waals surface area contributed by atoms with Gasteiger partial charge in [-0.3, -0.25) is 4.90 Å². The van der Waals surface area contributed by atoms with Crippen molar-refractivity contribution in [3.63, 3.8) is 0 Å². The van der Waals surface area contributed by atoms with E-state index in [1.807, 2.05) is 0 Å². The Bertz CT molecular complexity index is 340. The molecule has 2 heterocycles. The predicted octanol–water partition coefficient (Wildman–Crippen LogP) is 2.84. The molecular weight excluding hydrogens is 258 g/mol. The standard InChI is InChI=1S/C18H35N3/c1-16-14-18(15-19,10-11-20(16)2)21-12-8-17(9-13-21)6-4-3-5-7-17/h16H,3-15,19H2,1-2H3. The van der Waals surface area contributed by atoms with Crippen molar-refractivity contribution in [2.45, 2.75) is 76.3 Å². The molecule has 0 aromatic rings. The van der Waals surface area contributed by atoms with Crippen LogP contribution in [0, 0.1) is 5.41 Å². The molecule has 21 heavy (non-hydrogen) atoms. The molecule has 3 fully saturated rings. The van der Waals surface area contributed by atoms with Crippen LogP contribution >= 0.6 is 0 Å². The van der Waals surface area contributed by atoms with Gasteiger partial charge < -0.3 is 10.6 Å². The van der Waals surface area contributed by atoms with Gasteiger partial charge in [0.05, 0.1) is 0 Å². The SMILES string of the molecule is CC1CC(CN)(N2CCC3(CCCCC3)CC2)CCN1C. The minimum absolute atomic E-state index is 0.294. The van der Waals surface area contributed by atoms with E-state index in [-0.39, 0.29) is 0 Å². The van der Waals surface area contributed by atoms with Gasteiger partial charge in [0.25, 0.3) is 0 Å². The Morgan fingerprint density at radius 2 is 1.62 bits per heavy atom. The number of likely N-dealkylation sites (tertiary alicyclic amines) is 2. The second kappa shape index (κ2) is 6.17. The topological polar surface area (TPSA) is 32.5 Å². The highest BCUT2D eigenvalue weighted by atomic mass is 15.3. The van der Waals surface area contributed by atoms with Crippen molar-refractivity contribution in [1.29, 1.82) is 0 Å². The molecule has 2 aliphatic heterocycles. The molecule has 1 aliphatic carbocycles. The second-order valence-electron chi connectivity index (χ2n) is 8.26. The summed E-state index contributed by atoms with van der Waals surface area (Å²) in [4.78, 5) is 5.29. The van der Waals surface area contributed by atoms with Gasteiger partial charge in [0.1, 0.15) is 0 Å². The van der Waals surface area contributed by atoms with E-state index < -0.39 is 0 Å². The highest BCUT2D eigenvalue weighted by Crippen LogP contribution is 2.46. The van der Waals surface area contributed by atoms with E-state index >= 15 is 0 Å². The van der Waals surface area contributed by atoms with Crippen molar-refractivity contribution >= 4 is 0 Å². The Labute approximate surface area is 131 Å². The molecule has 1 spiro atoms. The Morgan fingerprint density at radius 3 is 2.19 bits per heavy atom. The van der Waals surface area contributed by atoms with Gasteiger partial charge in [-0.2, -0.15) is 0 Å². The Hall–Kier alpha value is -0.120. The maximum absolute atomic E-state index is 6.29. The lowest BCUT2D eigenvalue weighted by atomic mass is 9.67. The molecule has 2 saturated heterocycles. The van der Waals surface area contributed by atoms with Gasteiger partial charge in [0.15, 0.2) is 0 Å². The first-order chi connectivity index (χ1) is 10.1. The highest BCUT2D eigenvalue weighted by Gasteiger charge is 2.44. The first kappa shape index (κ1) is 15.8. The summed E-state index contributed by atoms with van der Waals surface area (Å²) in [5.74, 6) is 0. The number of hydrogen-bond donors (Lipinski definition) is 1. The maximum Gasteiger partial charge on any atom is 0.0358 e. The van der Waals surface area contributed by atoms with E-state index in [0.29, 0.717) is 17.0 Å². The normalized spacial score (nSPS) is 38.7. The Kier molecular flexibility index (Phi) is 4.63. The number of hydrogen-bond acceptors (Lipinski definition) is 3. The fourth-order valence-electron chi connectivity index (χ4n) is 5.27. The monoisotopic (exact) mass is 293 g/mol. The summed E-state index contributed by atoms with van der Waals surface area (Å²) in [5.41, 5.74) is 7.29. The number of piperidine rings is 2. The largest absolute Gasteiger partial charge is 0.329 e. The van der Waals surface area contributed by atoms with E-state index in [2.05, 4.69) is 23.8 Å². The minimum atomic E-state index is 0.294. The Morgan fingerprint density at radius 1 is 0.952 bits per heavy atom. The van der Waals surface area contributed by atoms with Crippen LogP contribution in [0.3, 0.4) is 0 Å². The second-order valence-corrected chi connectivity index (χ2v) is 8.26. The average molecular weight is 293 g/mol. The quantitative estimate of drug-likeness (QED) is 0.850. The molecule has 3 rings (SSSR count). The van der Waals surface area contributed by atoms with Crippen molar-refractivity contribution in [1.82, 2.24) is 9.80 Å². The van der Waals surface area contributed by atoms with Crippen LogP contribution in [-0.2, 0) is 0 Å². The van der Waals surface area contributed by atoms with E-state index in [1.165, 1.54) is 77.4 Å². The van der Waals surface area contributed by atoms with E-state index in [1.54, 1.807) is 0 Å². The summed E-state index contributed by atoms with van der Waals surface area (Å²) < 4.78 is 0. The van der Waals surface area contributed by atoms with Crippen LogP contribution in [0.25, 0.3) is 0 Å². The van der Waals surface area contributed by atoms with Crippen LogP contribution in [0.1, 0.15) is 64.7 Å². The van der Waals surface area contributed by atoms with Crippen LogP contribution in [-0.4, -0.2) is 54.6 Å². The Balaban J connectivity index is 1.64. The third kappa shape index (κ3) is 3.02. The van der Waals surface area contributed by atoms with Crippen molar-refractivity contribution in [2.75, 3.05) is 33.2 Å². The van der Waals surface area contributed by atoms with Crippen LogP contribution < -0.4 is 5.73 Å². The first-order valence-corrected chi connectivity index (χ1v) is 9.25. The van der Waals surface area contributed by atoms with Crippen LogP contribution in [0.2, 0.25) is 0 Å². The van der Waals surface area contributed by atoms with Crippen molar-refractivity contribution in [3.8, 4) is 0 Å². The molecule has 0 aromatic heterocycles. The van der Waals surface area contributed by atoms with Gasteiger partial charge in [-0.25, -0.2) is 0 Å². The van der Waals surface area contributed by atoms with Gasteiger partial charge in [-0.05, 0) is 77.5 Å². The van der Waals surface area contributed by atoms with E-state index in [4.69, 9.17) is 5.73 Å². The molecule has 3 aliphatic rings. The summed E-state index contributed by atoms with van der Waals surface area (Å²) in [6.07, 6.45) is 12.8. The lowest BCUT2D eigenvalue weighted by molar-refractivity contribution is -0.0352. The van der Waals surface area contributed by atoms with Crippen LogP contribution in [0.5, 0.6) is 0 Å². The summed E-state index contributed by atoms with van der Waals surface area (Å²) in [7, 11) is 2.26. The van der Waals surface area contributed by atoms with Crippen molar-refractivity contribution < 1.29 is 0 Å². The molecule has 3 heteroatoms. The number of nitrogens with two attached hydrogens (primary N) is 1. The maximum atomic E-state index is 6.29.